The van der Waals surface area contributed by atoms with Gasteiger partial charge in [-0.2, -0.15) is 0 Å². The number of halogens is 3. The van der Waals surface area contributed by atoms with Crippen LogP contribution in [0.15, 0.2) is 40.9 Å². The van der Waals surface area contributed by atoms with E-state index in [1.165, 1.54) is 16.8 Å². The summed E-state index contributed by atoms with van der Waals surface area (Å²) in [6.45, 7) is 5.87. The molecule has 0 spiro atoms. The number of aliphatic carboxylic acids is 1. The molecule has 0 bridgehead atoms. The van der Waals surface area contributed by atoms with E-state index in [1.54, 1.807) is 12.1 Å². The Hall–Kier alpha value is -1.85. The molecule has 1 N–H and O–H groups in total. The fourth-order valence-corrected chi connectivity index (χ4v) is 4.24. The first-order chi connectivity index (χ1) is 13.4. The molecule has 6 heteroatoms. The molecule has 1 aliphatic carbocycles. The molecule has 4 rings (SSSR count). The van der Waals surface area contributed by atoms with E-state index in [1.807, 2.05) is 38.1 Å². The van der Waals surface area contributed by atoms with Gasteiger partial charge in [0.2, 0.25) is 0 Å². The SMILES string of the molecule is CC.CC(=O)O.Fc1cc(Br)c2c(c1)c1c(n2Cc2ccc(Cl)cc2)CCC1. The molecule has 0 unspecified atom stereocenters. The molecule has 0 radical (unpaired) electrons. The van der Waals surface area contributed by atoms with Gasteiger partial charge in [-0.15, -0.1) is 0 Å². The molecule has 1 aromatic heterocycles. The lowest BCUT2D eigenvalue weighted by molar-refractivity contribution is -0.134. The van der Waals surface area contributed by atoms with E-state index in [0.717, 1.165) is 53.1 Å². The summed E-state index contributed by atoms with van der Waals surface area (Å²) < 4.78 is 16.9. The number of hydrogen-bond donors (Lipinski definition) is 1. The van der Waals surface area contributed by atoms with E-state index in [0.29, 0.717) is 0 Å². The Bertz CT molecular complexity index is 963. The van der Waals surface area contributed by atoms with Crippen LogP contribution in [0.4, 0.5) is 4.39 Å². The van der Waals surface area contributed by atoms with E-state index in [9.17, 15) is 4.39 Å². The predicted octanol–water partition coefficient (Wildman–Crippen LogP) is 6.85. The third-order valence-electron chi connectivity index (χ3n) is 4.39. The normalized spacial score (nSPS) is 11.9. The first-order valence-corrected chi connectivity index (χ1v) is 10.5. The van der Waals surface area contributed by atoms with Gasteiger partial charge < -0.3 is 9.67 Å². The summed E-state index contributed by atoms with van der Waals surface area (Å²) in [4.78, 5) is 9.00. The van der Waals surface area contributed by atoms with Crippen molar-refractivity contribution in [1.29, 1.82) is 0 Å². The second kappa shape index (κ2) is 10.1. The van der Waals surface area contributed by atoms with E-state index in [4.69, 9.17) is 21.5 Å². The zero-order valence-electron chi connectivity index (χ0n) is 16.2. The summed E-state index contributed by atoms with van der Waals surface area (Å²) in [5, 5.41) is 9.21. The molecule has 0 atom stereocenters. The van der Waals surface area contributed by atoms with Crippen LogP contribution in [0.25, 0.3) is 10.9 Å². The Morgan fingerprint density at radius 3 is 2.43 bits per heavy atom. The second-order valence-electron chi connectivity index (χ2n) is 6.29. The first kappa shape index (κ1) is 22.4. The Morgan fingerprint density at radius 2 is 1.82 bits per heavy atom. The number of carboxylic acids is 1. The lowest BCUT2D eigenvalue weighted by atomic mass is 10.1. The number of carboxylic acid groups (broad SMARTS) is 1. The maximum absolute atomic E-state index is 13.8. The van der Waals surface area contributed by atoms with Crippen molar-refractivity contribution in [3.8, 4) is 0 Å². The van der Waals surface area contributed by atoms with Gasteiger partial charge in [0.1, 0.15) is 5.82 Å². The van der Waals surface area contributed by atoms with Crippen molar-refractivity contribution in [3.05, 3.63) is 68.5 Å². The van der Waals surface area contributed by atoms with Crippen molar-refractivity contribution < 1.29 is 14.3 Å². The van der Waals surface area contributed by atoms with E-state index in [2.05, 4.69) is 20.5 Å². The number of fused-ring (bicyclic) bond motifs is 3. The molecule has 0 saturated carbocycles. The molecule has 28 heavy (non-hydrogen) atoms. The highest BCUT2D eigenvalue weighted by molar-refractivity contribution is 9.10. The number of nitrogens with zero attached hydrogens (tertiary/aromatic N) is 1. The lowest BCUT2D eigenvalue weighted by Gasteiger charge is -2.11. The van der Waals surface area contributed by atoms with Crippen LogP contribution in [-0.2, 0) is 24.2 Å². The van der Waals surface area contributed by atoms with Crippen LogP contribution in [0.2, 0.25) is 5.02 Å². The van der Waals surface area contributed by atoms with E-state index < -0.39 is 5.97 Å². The Kier molecular flexibility index (Phi) is 8.08. The van der Waals surface area contributed by atoms with Crippen LogP contribution in [0, 0.1) is 5.82 Å². The van der Waals surface area contributed by atoms with Gasteiger partial charge in [-0.25, -0.2) is 4.39 Å². The fourth-order valence-electron chi connectivity index (χ4n) is 3.47. The predicted molar refractivity (Wildman–Crippen MR) is 117 cm³/mol. The van der Waals surface area contributed by atoms with Crippen molar-refractivity contribution in [2.45, 2.75) is 46.6 Å². The van der Waals surface area contributed by atoms with Crippen LogP contribution in [0.3, 0.4) is 0 Å². The quantitative estimate of drug-likeness (QED) is 0.447. The number of carbonyl (C=O) groups is 1. The highest BCUT2D eigenvalue weighted by Crippen LogP contribution is 2.37. The molecule has 1 heterocycles. The largest absolute Gasteiger partial charge is 0.481 e. The molecule has 0 aliphatic heterocycles. The summed E-state index contributed by atoms with van der Waals surface area (Å²) in [6, 6.07) is 11.1. The van der Waals surface area contributed by atoms with Crippen molar-refractivity contribution in [2.75, 3.05) is 0 Å². The Morgan fingerprint density at radius 1 is 1.21 bits per heavy atom. The van der Waals surface area contributed by atoms with Crippen LogP contribution in [0.1, 0.15) is 44.0 Å². The molecule has 3 nitrogen and oxygen atoms in total. The molecular formula is C22H24BrClFNO2. The average Bonchev–Trinajstić information content (AvgIpc) is 3.21. The minimum absolute atomic E-state index is 0.183. The van der Waals surface area contributed by atoms with Gasteiger partial charge in [-0.05, 0) is 70.6 Å². The van der Waals surface area contributed by atoms with Gasteiger partial charge in [0.25, 0.3) is 5.97 Å². The number of rotatable bonds is 2. The van der Waals surface area contributed by atoms with Crippen molar-refractivity contribution in [2.24, 2.45) is 0 Å². The van der Waals surface area contributed by atoms with Crippen molar-refractivity contribution in [1.82, 2.24) is 4.57 Å². The van der Waals surface area contributed by atoms with Crippen LogP contribution < -0.4 is 0 Å². The Balaban J connectivity index is 0.000000419. The summed E-state index contributed by atoms with van der Waals surface area (Å²) >= 11 is 9.51. The van der Waals surface area contributed by atoms with Gasteiger partial charge in [0.15, 0.2) is 0 Å². The minimum Gasteiger partial charge on any atom is -0.481 e. The number of hydrogen-bond acceptors (Lipinski definition) is 1. The van der Waals surface area contributed by atoms with Crippen LogP contribution in [-0.4, -0.2) is 15.6 Å². The smallest absolute Gasteiger partial charge is 0.300 e. The number of benzene rings is 2. The van der Waals surface area contributed by atoms with Gasteiger partial charge in [-0.1, -0.05) is 37.6 Å². The van der Waals surface area contributed by atoms with Crippen LogP contribution in [0.5, 0.6) is 0 Å². The first-order valence-electron chi connectivity index (χ1n) is 9.29. The van der Waals surface area contributed by atoms with Gasteiger partial charge in [0, 0.05) is 34.0 Å². The molecule has 2 aromatic carbocycles. The summed E-state index contributed by atoms with van der Waals surface area (Å²) in [6.07, 6.45) is 3.25. The maximum atomic E-state index is 13.8. The molecule has 0 amide bonds. The standard InChI is InChI=1S/C18H14BrClFN.C2H4O2.C2H6/c19-16-9-13(21)8-15-14-2-1-3-17(14)22(18(15)16)10-11-4-6-12(20)7-5-11;1-2(3)4;1-2/h4-9H,1-3,10H2;1H3,(H,3,4);1-2H3. The topological polar surface area (TPSA) is 42.2 Å². The van der Waals surface area contributed by atoms with Crippen molar-refractivity contribution in [3.63, 3.8) is 0 Å². The van der Waals surface area contributed by atoms with E-state index >= 15 is 0 Å². The third-order valence-corrected chi connectivity index (χ3v) is 5.25. The number of aryl methyl sites for hydroxylation is 1. The fraction of sp³-hybridized carbons (Fsp3) is 0.318. The van der Waals surface area contributed by atoms with E-state index in [-0.39, 0.29) is 5.82 Å². The molecular weight excluding hydrogens is 445 g/mol. The Labute approximate surface area is 178 Å². The lowest BCUT2D eigenvalue weighted by Crippen LogP contribution is -2.04. The summed E-state index contributed by atoms with van der Waals surface area (Å²) in [5.74, 6) is -1.02. The van der Waals surface area contributed by atoms with Crippen LogP contribution >= 0.6 is 27.5 Å². The number of aromatic nitrogens is 1. The zero-order chi connectivity index (χ0) is 20.8. The molecule has 0 saturated heterocycles. The average molecular weight is 469 g/mol. The monoisotopic (exact) mass is 467 g/mol. The zero-order valence-corrected chi connectivity index (χ0v) is 18.6. The molecule has 150 valence electrons. The minimum atomic E-state index is -0.833. The summed E-state index contributed by atoms with van der Waals surface area (Å²) in [5.41, 5.74) is 4.95. The second-order valence-corrected chi connectivity index (χ2v) is 7.58. The molecule has 1 aliphatic rings. The maximum Gasteiger partial charge on any atom is 0.300 e. The third kappa shape index (κ3) is 5.15. The van der Waals surface area contributed by atoms with Gasteiger partial charge >= 0.3 is 0 Å². The highest BCUT2D eigenvalue weighted by Gasteiger charge is 2.23. The molecule has 3 aromatic rings. The highest BCUT2D eigenvalue weighted by atomic mass is 79.9. The summed E-state index contributed by atoms with van der Waals surface area (Å²) in [7, 11) is 0. The molecule has 0 fully saturated rings. The van der Waals surface area contributed by atoms with Crippen molar-refractivity contribution >= 4 is 44.4 Å². The van der Waals surface area contributed by atoms with Gasteiger partial charge in [0.05, 0.1) is 5.52 Å². The van der Waals surface area contributed by atoms with Gasteiger partial charge in [-0.3, -0.25) is 4.79 Å².